The molecule has 1 aliphatic rings. The van der Waals surface area contributed by atoms with Crippen LogP contribution in [-0.4, -0.2) is 69.3 Å². The van der Waals surface area contributed by atoms with Crippen LogP contribution < -0.4 is 4.90 Å². The molecule has 4 rings (SSSR count). The van der Waals surface area contributed by atoms with E-state index in [9.17, 15) is 22.0 Å². The lowest BCUT2D eigenvalue weighted by molar-refractivity contribution is -0.289. The molecule has 12 heteroatoms. The van der Waals surface area contributed by atoms with Gasteiger partial charge in [0.05, 0.1) is 11.0 Å². The summed E-state index contributed by atoms with van der Waals surface area (Å²) in [5, 5.41) is 11.2. The van der Waals surface area contributed by atoms with Gasteiger partial charge in [-0.05, 0) is 29.6 Å². The van der Waals surface area contributed by atoms with Crippen LogP contribution in [0.2, 0.25) is 0 Å². The lowest BCUT2D eigenvalue weighted by atomic mass is 10.1. The molecule has 3 heterocycles. The maximum atomic E-state index is 13.7. The van der Waals surface area contributed by atoms with E-state index < -0.39 is 17.7 Å². The Morgan fingerprint density at radius 1 is 1.00 bits per heavy atom. The summed E-state index contributed by atoms with van der Waals surface area (Å²) in [7, 11) is 1.99. The maximum absolute atomic E-state index is 13.7. The van der Waals surface area contributed by atoms with Crippen molar-refractivity contribution in [3.8, 4) is 0 Å². The maximum Gasteiger partial charge on any atom is 0.458 e. The SMILES string of the molecule is CN1CCN(c2nc3ccc(C(F)(F)C(F)(F)F)cc3n3nnnc23)CC1. The van der Waals surface area contributed by atoms with Gasteiger partial charge < -0.3 is 9.80 Å². The summed E-state index contributed by atoms with van der Waals surface area (Å²) >= 11 is 0. The molecule has 144 valence electrons. The molecule has 7 nitrogen and oxygen atoms in total. The van der Waals surface area contributed by atoms with Crippen LogP contribution in [0.4, 0.5) is 27.8 Å². The molecule has 0 atom stereocenters. The first-order valence-corrected chi connectivity index (χ1v) is 8.09. The van der Waals surface area contributed by atoms with Crippen LogP contribution in [0.5, 0.6) is 0 Å². The zero-order valence-corrected chi connectivity index (χ0v) is 14.1. The molecule has 0 spiro atoms. The minimum absolute atomic E-state index is 0.0192. The van der Waals surface area contributed by atoms with Crippen molar-refractivity contribution >= 4 is 22.5 Å². The van der Waals surface area contributed by atoms with Gasteiger partial charge in [0.1, 0.15) is 0 Å². The highest BCUT2D eigenvalue weighted by Gasteiger charge is 2.58. The fourth-order valence-electron chi connectivity index (χ4n) is 3.03. The third-order valence-corrected chi connectivity index (χ3v) is 4.62. The van der Waals surface area contributed by atoms with Crippen LogP contribution in [0.1, 0.15) is 5.56 Å². The number of aromatic nitrogens is 5. The van der Waals surface area contributed by atoms with Crippen molar-refractivity contribution in [3.63, 3.8) is 0 Å². The Labute approximate surface area is 149 Å². The monoisotopic (exact) mass is 387 g/mol. The van der Waals surface area contributed by atoms with Crippen molar-refractivity contribution in [2.75, 3.05) is 38.1 Å². The molecular formula is C15H14F5N7. The van der Waals surface area contributed by atoms with Crippen LogP contribution in [0.25, 0.3) is 16.7 Å². The Kier molecular flexibility index (Phi) is 3.91. The zero-order chi connectivity index (χ0) is 19.4. The molecule has 0 saturated carbocycles. The zero-order valence-electron chi connectivity index (χ0n) is 14.1. The minimum atomic E-state index is -5.70. The van der Waals surface area contributed by atoms with Crippen molar-refractivity contribution in [2.45, 2.75) is 12.1 Å². The van der Waals surface area contributed by atoms with Crippen molar-refractivity contribution in [2.24, 2.45) is 0 Å². The number of tetrazole rings is 1. The number of benzene rings is 1. The number of halogens is 5. The van der Waals surface area contributed by atoms with Gasteiger partial charge in [-0.15, -0.1) is 5.10 Å². The van der Waals surface area contributed by atoms with Gasteiger partial charge in [0.2, 0.25) is 5.65 Å². The van der Waals surface area contributed by atoms with Crippen molar-refractivity contribution in [1.82, 2.24) is 29.9 Å². The topological polar surface area (TPSA) is 62.5 Å². The number of hydrogen-bond donors (Lipinski definition) is 0. The third kappa shape index (κ3) is 2.83. The number of nitrogens with zero attached hydrogens (tertiary/aromatic N) is 7. The average Bonchev–Trinajstić information content (AvgIpc) is 3.10. The van der Waals surface area contributed by atoms with Gasteiger partial charge >= 0.3 is 12.1 Å². The molecule has 0 aliphatic carbocycles. The highest BCUT2D eigenvalue weighted by Crippen LogP contribution is 2.44. The molecule has 27 heavy (non-hydrogen) atoms. The highest BCUT2D eigenvalue weighted by atomic mass is 19.4. The summed E-state index contributed by atoms with van der Waals surface area (Å²) in [6.45, 7) is 2.93. The van der Waals surface area contributed by atoms with Gasteiger partial charge in [-0.3, -0.25) is 0 Å². The Morgan fingerprint density at radius 3 is 2.37 bits per heavy atom. The summed E-state index contributed by atoms with van der Waals surface area (Å²) in [6, 6.07) is 2.59. The van der Waals surface area contributed by atoms with Gasteiger partial charge in [-0.1, -0.05) is 6.07 Å². The second-order valence-corrected chi connectivity index (χ2v) is 6.42. The molecule has 1 aromatic carbocycles. The Morgan fingerprint density at radius 2 is 1.70 bits per heavy atom. The van der Waals surface area contributed by atoms with E-state index in [4.69, 9.17) is 0 Å². The summed E-state index contributed by atoms with van der Waals surface area (Å²) in [6.07, 6.45) is -5.70. The summed E-state index contributed by atoms with van der Waals surface area (Å²) in [4.78, 5) is 8.53. The Bertz CT molecular complexity index is 991. The van der Waals surface area contributed by atoms with Crippen molar-refractivity contribution in [1.29, 1.82) is 0 Å². The second kappa shape index (κ2) is 5.94. The standard InChI is InChI=1S/C15H14F5N7/c1-25-4-6-26(7-5-25)12-13-22-23-24-27(13)11-8-9(2-3-10(11)21-12)14(16,17)15(18,19)20/h2-3,8H,4-7H2,1H3. The van der Waals surface area contributed by atoms with E-state index in [2.05, 4.69) is 25.4 Å². The predicted octanol–water partition coefficient (Wildman–Crippen LogP) is 2.08. The number of hydrogen-bond acceptors (Lipinski definition) is 6. The summed E-state index contributed by atoms with van der Waals surface area (Å²) in [5.41, 5.74) is -0.771. The van der Waals surface area contributed by atoms with E-state index in [1.54, 1.807) is 0 Å². The molecule has 1 saturated heterocycles. The van der Waals surface area contributed by atoms with Gasteiger partial charge in [0.25, 0.3) is 0 Å². The lowest BCUT2D eigenvalue weighted by Gasteiger charge is -2.33. The largest absolute Gasteiger partial charge is 0.458 e. The van der Waals surface area contributed by atoms with Crippen LogP contribution >= 0.6 is 0 Å². The van der Waals surface area contributed by atoms with Crippen molar-refractivity contribution in [3.05, 3.63) is 23.8 Å². The van der Waals surface area contributed by atoms with Gasteiger partial charge in [0, 0.05) is 31.7 Å². The molecule has 1 aliphatic heterocycles. The Balaban J connectivity index is 1.86. The van der Waals surface area contributed by atoms with Crippen LogP contribution in [0, 0.1) is 0 Å². The van der Waals surface area contributed by atoms with E-state index >= 15 is 0 Å². The fraction of sp³-hybridized carbons (Fsp3) is 0.467. The van der Waals surface area contributed by atoms with E-state index in [0.717, 1.165) is 35.8 Å². The number of alkyl halides is 5. The number of piperazine rings is 1. The fourth-order valence-corrected chi connectivity index (χ4v) is 3.03. The molecule has 1 fully saturated rings. The molecule has 2 aromatic heterocycles. The quantitative estimate of drug-likeness (QED) is 0.628. The number of fused-ring (bicyclic) bond motifs is 3. The van der Waals surface area contributed by atoms with Gasteiger partial charge in [0.15, 0.2) is 5.82 Å². The van der Waals surface area contributed by atoms with E-state index in [1.807, 2.05) is 11.9 Å². The number of anilines is 1. The number of rotatable bonds is 2. The molecule has 0 radical (unpaired) electrons. The van der Waals surface area contributed by atoms with Crippen LogP contribution in [0.3, 0.4) is 0 Å². The first-order valence-electron chi connectivity index (χ1n) is 8.09. The summed E-state index contributed by atoms with van der Waals surface area (Å²) in [5.74, 6) is -4.52. The van der Waals surface area contributed by atoms with Gasteiger partial charge in [-0.25, -0.2) is 4.98 Å². The molecule has 0 N–H and O–H groups in total. The summed E-state index contributed by atoms with van der Waals surface area (Å²) < 4.78 is 66.6. The number of likely N-dealkylation sites (N-methyl/N-ethyl adjacent to an activating group) is 1. The molecule has 0 bridgehead atoms. The molecular weight excluding hydrogens is 373 g/mol. The second-order valence-electron chi connectivity index (χ2n) is 6.42. The minimum Gasteiger partial charge on any atom is -0.351 e. The predicted molar refractivity (Wildman–Crippen MR) is 85.7 cm³/mol. The highest BCUT2D eigenvalue weighted by molar-refractivity contribution is 5.83. The molecule has 0 amide bonds. The smallest absolute Gasteiger partial charge is 0.351 e. The van der Waals surface area contributed by atoms with Crippen molar-refractivity contribution < 1.29 is 22.0 Å². The van der Waals surface area contributed by atoms with E-state index in [0.29, 0.717) is 18.9 Å². The molecule has 3 aromatic rings. The molecule has 0 unspecified atom stereocenters. The third-order valence-electron chi connectivity index (χ3n) is 4.62. The van der Waals surface area contributed by atoms with E-state index in [1.165, 1.54) is 0 Å². The van der Waals surface area contributed by atoms with Crippen LogP contribution in [0.15, 0.2) is 18.2 Å². The lowest BCUT2D eigenvalue weighted by Crippen LogP contribution is -2.45. The average molecular weight is 387 g/mol. The first kappa shape index (κ1) is 17.8. The Hall–Kier alpha value is -2.63. The first-order chi connectivity index (χ1) is 12.7. The van der Waals surface area contributed by atoms with Gasteiger partial charge in [-0.2, -0.15) is 26.5 Å². The van der Waals surface area contributed by atoms with Crippen LogP contribution in [-0.2, 0) is 5.92 Å². The normalized spacial score (nSPS) is 17.2. The van der Waals surface area contributed by atoms with E-state index in [-0.39, 0.29) is 16.7 Å².